The summed E-state index contributed by atoms with van der Waals surface area (Å²) in [5, 5.41) is 3.52. The largest absolute Gasteiger partial charge is 0.468 e. The highest BCUT2D eigenvalue weighted by Gasteiger charge is 2.21. The first-order chi connectivity index (χ1) is 8.83. The zero-order chi connectivity index (χ0) is 12.8. The molecule has 3 nitrogen and oxygen atoms in total. The number of nitrogens with zero attached hydrogens (tertiary/aromatic N) is 1. The fourth-order valence-corrected chi connectivity index (χ4v) is 2.33. The van der Waals surface area contributed by atoms with Crippen LogP contribution >= 0.6 is 0 Å². The molecule has 1 aliphatic rings. The Kier molecular flexibility index (Phi) is 5.26. The lowest BCUT2D eigenvalue weighted by Crippen LogP contribution is -2.25. The average molecular weight is 250 g/mol. The van der Waals surface area contributed by atoms with Gasteiger partial charge in [-0.15, -0.1) is 0 Å². The maximum Gasteiger partial charge on any atom is 0.122 e. The van der Waals surface area contributed by atoms with Crippen LogP contribution in [0.1, 0.15) is 50.9 Å². The Labute approximate surface area is 111 Å². The van der Waals surface area contributed by atoms with Gasteiger partial charge < -0.3 is 9.73 Å². The van der Waals surface area contributed by atoms with Crippen molar-refractivity contribution in [2.24, 2.45) is 0 Å². The van der Waals surface area contributed by atoms with E-state index in [0.29, 0.717) is 0 Å². The molecule has 0 aliphatic heterocycles. The third-order valence-corrected chi connectivity index (χ3v) is 3.44. The van der Waals surface area contributed by atoms with E-state index in [1.807, 2.05) is 6.26 Å². The van der Waals surface area contributed by atoms with Gasteiger partial charge in [0.15, 0.2) is 0 Å². The monoisotopic (exact) mass is 250 g/mol. The first-order valence-electron chi connectivity index (χ1n) is 7.34. The van der Waals surface area contributed by atoms with Crippen LogP contribution in [-0.2, 0) is 13.1 Å². The predicted molar refractivity (Wildman–Crippen MR) is 74.4 cm³/mol. The van der Waals surface area contributed by atoms with Gasteiger partial charge in [-0.1, -0.05) is 13.8 Å². The van der Waals surface area contributed by atoms with Crippen LogP contribution in [0.25, 0.3) is 0 Å². The van der Waals surface area contributed by atoms with Crippen molar-refractivity contribution in [1.29, 1.82) is 0 Å². The maximum atomic E-state index is 5.61. The Morgan fingerprint density at radius 3 is 2.61 bits per heavy atom. The van der Waals surface area contributed by atoms with E-state index in [2.05, 4.69) is 30.1 Å². The molecule has 1 aromatic rings. The molecule has 1 aromatic heterocycles. The molecule has 0 saturated heterocycles. The Morgan fingerprint density at radius 2 is 2.00 bits per heavy atom. The number of furan rings is 1. The number of rotatable bonds is 9. The lowest BCUT2D eigenvalue weighted by Gasteiger charge is -2.20. The molecule has 1 aliphatic carbocycles. The van der Waals surface area contributed by atoms with Gasteiger partial charge >= 0.3 is 0 Å². The average Bonchev–Trinajstić information content (AvgIpc) is 3.09. The molecule has 0 radical (unpaired) electrons. The first-order valence-corrected chi connectivity index (χ1v) is 7.34. The van der Waals surface area contributed by atoms with Crippen LogP contribution in [0.15, 0.2) is 16.7 Å². The molecule has 102 valence electrons. The molecule has 0 spiro atoms. The number of hydrogen-bond donors (Lipinski definition) is 1. The molecule has 0 aromatic carbocycles. The highest BCUT2D eigenvalue weighted by atomic mass is 16.3. The van der Waals surface area contributed by atoms with Gasteiger partial charge in [-0.05, 0) is 44.8 Å². The summed E-state index contributed by atoms with van der Waals surface area (Å²) >= 11 is 0. The van der Waals surface area contributed by atoms with Crippen molar-refractivity contribution >= 4 is 0 Å². The Balaban J connectivity index is 1.87. The number of nitrogens with one attached hydrogen (secondary N) is 1. The summed E-state index contributed by atoms with van der Waals surface area (Å²) < 4.78 is 5.61. The summed E-state index contributed by atoms with van der Waals surface area (Å²) in [6.07, 6.45) is 6.91. The topological polar surface area (TPSA) is 28.4 Å². The summed E-state index contributed by atoms with van der Waals surface area (Å²) in [6, 6.07) is 2.87. The van der Waals surface area contributed by atoms with Crippen molar-refractivity contribution in [3.8, 4) is 0 Å². The predicted octanol–water partition coefficient (Wildman–Crippen LogP) is 3.15. The number of hydrogen-bond acceptors (Lipinski definition) is 3. The Bertz CT molecular complexity index is 338. The molecule has 0 atom stereocenters. The van der Waals surface area contributed by atoms with E-state index in [4.69, 9.17) is 4.42 Å². The minimum absolute atomic E-state index is 0.741. The summed E-state index contributed by atoms with van der Waals surface area (Å²) in [5.74, 6) is 1.12. The molecule has 0 bridgehead atoms. The molecular formula is C15H26N2O. The lowest BCUT2D eigenvalue weighted by atomic mass is 10.2. The highest BCUT2D eigenvalue weighted by molar-refractivity contribution is 5.17. The van der Waals surface area contributed by atoms with Crippen molar-refractivity contribution < 1.29 is 4.42 Å². The van der Waals surface area contributed by atoms with Crippen molar-refractivity contribution in [1.82, 2.24) is 10.2 Å². The van der Waals surface area contributed by atoms with Crippen molar-refractivity contribution in [2.75, 3.05) is 13.1 Å². The molecule has 3 heteroatoms. The van der Waals surface area contributed by atoms with Gasteiger partial charge in [-0.2, -0.15) is 0 Å². The lowest BCUT2D eigenvalue weighted by molar-refractivity contribution is 0.264. The van der Waals surface area contributed by atoms with Crippen LogP contribution in [-0.4, -0.2) is 24.0 Å². The zero-order valence-electron chi connectivity index (χ0n) is 11.7. The summed E-state index contributed by atoms with van der Waals surface area (Å²) in [4.78, 5) is 2.52. The SMILES string of the molecule is CCCN(CCC)Cc1ccoc1CNC1CC1. The zero-order valence-corrected chi connectivity index (χ0v) is 11.7. The van der Waals surface area contributed by atoms with Crippen LogP contribution in [0.4, 0.5) is 0 Å². The van der Waals surface area contributed by atoms with Gasteiger partial charge in [-0.3, -0.25) is 4.90 Å². The minimum atomic E-state index is 0.741. The second-order valence-corrected chi connectivity index (χ2v) is 5.30. The van der Waals surface area contributed by atoms with Gasteiger partial charge in [0.2, 0.25) is 0 Å². The van der Waals surface area contributed by atoms with E-state index in [0.717, 1.165) is 24.9 Å². The van der Waals surface area contributed by atoms with Crippen LogP contribution in [0, 0.1) is 0 Å². The van der Waals surface area contributed by atoms with E-state index in [-0.39, 0.29) is 0 Å². The normalized spacial score (nSPS) is 15.5. The van der Waals surface area contributed by atoms with E-state index >= 15 is 0 Å². The van der Waals surface area contributed by atoms with Gasteiger partial charge in [0.1, 0.15) is 5.76 Å². The van der Waals surface area contributed by atoms with Crippen molar-refractivity contribution in [3.05, 3.63) is 23.7 Å². The molecule has 1 fully saturated rings. The third kappa shape index (κ3) is 4.14. The standard InChI is InChI=1S/C15H26N2O/c1-3-8-17(9-4-2)12-13-7-10-18-15(13)11-16-14-5-6-14/h7,10,14,16H,3-6,8-9,11-12H2,1-2H3. The maximum absolute atomic E-state index is 5.61. The van der Waals surface area contributed by atoms with Gasteiger partial charge in [-0.25, -0.2) is 0 Å². The molecule has 1 saturated carbocycles. The molecular weight excluding hydrogens is 224 g/mol. The minimum Gasteiger partial charge on any atom is -0.468 e. The summed E-state index contributed by atoms with van der Waals surface area (Å²) in [5.41, 5.74) is 1.35. The first kappa shape index (κ1) is 13.6. The molecule has 18 heavy (non-hydrogen) atoms. The third-order valence-electron chi connectivity index (χ3n) is 3.44. The van der Waals surface area contributed by atoms with Gasteiger partial charge in [0.25, 0.3) is 0 Å². The molecule has 1 heterocycles. The molecule has 0 amide bonds. The van der Waals surface area contributed by atoms with Crippen molar-refractivity contribution in [2.45, 2.75) is 58.7 Å². The fraction of sp³-hybridized carbons (Fsp3) is 0.733. The Hall–Kier alpha value is -0.800. The van der Waals surface area contributed by atoms with Gasteiger partial charge in [0.05, 0.1) is 12.8 Å². The molecule has 0 unspecified atom stereocenters. The summed E-state index contributed by atoms with van der Waals surface area (Å²) in [7, 11) is 0. The van der Waals surface area contributed by atoms with Gasteiger partial charge in [0, 0.05) is 18.2 Å². The van der Waals surface area contributed by atoms with Crippen LogP contribution < -0.4 is 5.32 Å². The quantitative estimate of drug-likeness (QED) is 0.730. The molecule has 1 N–H and O–H groups in total. The highest BCUT2D eigenvalue weighted by Crippen LogP contribution is 2.21. The van der Waals surface area contributed by atoms with Crippen molar-refractivity contribution in [3.63, 3.8) is 0 Å². The molecule has 2 rings (SSSR count). The van der Waals surface area contributed by atoms with E-state index in [1.54, 1.807) is 0 Å². The van der Waals surface area contributed by atoms with E-state index < -0.39 is 0 Å². The van der Waals surface area contributed by atoms with Crippen LogP contribution in [0.3, 0.4) is 0 Å². The smallest absolute Gasteiger partial charge is 0.122 e. The fourth-order valence-electron chi connectivity index (χ4n) is 2.33. The van der Waals surface area contributed by atoms with E-state index in [1.165, 1.54) is 44.3 Å². The van der Waals surface area contributed by atoms with Crippen LogP contribution in [0.5, 0.6) is 0 Å². The Morgan fingerprint density at radius 1 is 1.28 bits per heavy atom. The summed E-state index contributed by atoms with van der Waals surface area (Å²) in [6.45, 7) is 8.75. The second-order valence-electron chi connectivity index (χ2n) is 5.30. The van der Waals surface area contributed by atoms with Crippen LogP contribution in [0.2, 0.25) is 0 Å². The second kappa shape index (κ2) is 6.95. The van der Waals surface area contributed by atoms with E-state index in [9.17, 15) is 0 Å².